The summed E-state index contributed by atoms with van der Waals surface area (Å²) in [5, 5.41) is 11.7. The first-order chi connectivity index (χ1) is 7.81. The summed E-state index contributed by atoms with van der Waals surface area (Å²) >= 11 is 0. The normalized spacial score (nSPS) is 15.9. The molecular formula is C12H20N4. The van der Waals surface area contributed by atoms with Crippen LogP contribution in [0.3, 0.4) is 0 Å². The number of rotatable bonds is 5. The van der Waals surface area contributed by atoms with Gasteiger partial charge in [-0.1, -0.05) is 6.42 Å². The van der Waals surface area contributed by atoms with E-state index in [0.717, 1.165) is 24.6 Å². The van der Waals surface area contributed by atoms with Crippen LogP contribution in [0.25, 0.3) is 0 Å². The molecule has 0 spiro atoms. The summed E-state index contributed by atoms with van der Waals surface area (Å²) in [4.78, 5) is 2.12. The Bertz CT molecular complexity index is 318. The number of anilines is 1. The second-order valence-corrected chi connectivity index (χ2v) is 4.47. The maximum absolute atomic E-state index is 4.32. The molecule has 0 bridgehead atoms. The SMILES string of the molecule is CNCCN(C)c1ccc(C2CCC2)nn1. The van der Waals surface area contributed by atoms with E-state index < -0.39 is 0 Å². The van der Waals surface area contributed by atoms with E-state index in [1.807, 2.05) is 14.1 Å². The molecule has 0 aliphatic heterocycles. The van der Waals surface area contributed by atoms with Gasteiger partial charge in [-0.05, 0) is 32.0 Å². The van der Waals surface area contributed by atoms with E-state index in [1.54, 1.807) is 0 Å². The van der Waals surface area contributed by atoms with Crippen LogP contribution in [-0.2, 0) is 0 Å². The topological polar surface area (TPSA) is 41.0 Å². The average Bonchev–Trinajstić information content (AvgIpc) is 2.24. The fourth-order valence-electron chi connectivity index (χ4n) is 1.85. The van der Waals surface area contributed by atoms with Crippen molar-refractivity contribution in [1.82, 2.24) is 15.5 Å². The van der Waals surface area contributed by atoms with E-state index in [0.29, 0.717) is 5.92 Å². The highest BCUT2D eigenvalue weighted by atomic mass is 15.2. The fourth-order valence-corrected chi connectivity index (χ4v) is 1.85. The Morgan fingerprint density at radius 1 is 1.38 bits per heavy atom. The standard InChI is InChI=1S/C12H20N4/c1-13-8-9-16(2)12-7-6-11(14-15-12)10-4-3-5-10/h6-7,10,13H,3-5,8-9H2,1-2H3. The molecule has 4 heteroatoms. The first-order valence-corrected chi connectivity index (χ1v) is 6.00. The van der Waals surface area contributed by atoms with Crippen molar-refractivity contribution in [2.24, 2.45) is 0 Å². The third kappa shape index (κ3) is 2.50. The number of likely N-dealkylation sites (N-methyl/N-ethyl adjacent to an activating group) is 2. The Balaban J connectivity index is 1.95. The highest BCUT2D eigenvalue weighted by Crippen LogP contribution is 2.34. The molecular weight excluding hydrogens is 200 g/mol. The van der Waals surface area contributed by atoms with Crippen LogP contribution in [-0.4, -0.2) is 37.4 Å². The lowest BCUT2D eigenvalue weighted by Gasteiger charge is -2.24. The molecule has 0 saturated heterocycles. The minimum absolute atomic E-state index is 0.671. The monoisotopic (exact) mass is 220 g/mol. The first kappa shape index (κ1) is 11.3. The van der Waals surface area contributed by atoms with Crippen LogP contribution in [0.4, 0.5) is 5.82 Å². The van der Waals surface area contributed by atoms with Gasteiger partial charge in [0.25, 0.3) is 0 Å². The lowest BCUT2D eigenvalue weighted by atomic mass is 9.83. The minimum Gasteiger partial charge on any atom is -0.357 e. The van der Waals surface area contributed by atoms with Crippen LogP contribution in [0.15, 0.2) is 12.1 Å². The summed E-state index contributed by atoms with van der Waals surface area (Å²) in [6, 6.07) is 4.21. The Labute approximate surface area is 97.1 Å². The molecule has 1 aliphatic carbocycles. The van der Waals surface area contributed by atoms with Crippen molar-refractivity contribution in [1.29, 1.82) is 0 Å². The van der Waals surface area contributed by atoms with Crippen LogP contribution in [0.1, 0.15) is 30.9 Å². The molecule has 2 rings (SSSR count). The molecule has 0 aromatic carbocycles. The molecule has 0 amide bonds. The zero-order chi connectivity index (χ0) is 11.4. The second-order valence-electron chi connectivity index (χ2n) is 4.47. The molecule has 16 heavy (non-hydrogen) atoms. The number of hydrogen-bond donors (Lipinski definition) is 1. The summed E-state index contributed by atoms with van der Waals surface area (Å²) in [5.41, 5.74) is 1.16. The third-order valence-corrected chi connectivity index (χ3v) is 3.28. The van der Waals surface area contributed by atoms with Crippen LogP contribution in [0, 0.1) is 0 Å². The maximum atomic E-state index is 4.32. The molecule has 88 valence electrons. The van der Waals surface area contributed by atoms with Crippen molar-refractivity contribution in [2.75, 3.05) is 32.1 Å². The molecule has 1 aromatic rings. The molecule has 1 heterocycles. The van der Waals surface area contributed by atoms with Gasteiger partial charge in [-0.3, -0.25) is 0 Å². The molecule has 1 N–H and O–H groups in total. The van der Waals surface area contributed by atoms with Crippen LogP contribution in [0.5, 0.6) is 0 Å². The van der Waals surface area contributed by atoms with E-state index in [-0.39, 0.29) is 0 Å². The van der Waals surface area contributed by atoms with Gasteiger partial charge < -0.3 is 10.2 Å². The van der Waals surface area contributed by atoms with Crippen molar-refractivity contribution in [3.05, 3.63) is 17.8 Å². The average molecular weight is 220 g/mol. The minimum atomic E-state index is 0.671. The van der Waals surface area contributed by atoms with Crippen molar-refractivity contribution < 1.29 is 0 Å². The van der Waals surface area contributed by atoms with Gasteiger partial charge in [0.05, 0.1) is 5.69 Å². The zero-order valence-corrected chi connectivity index (χ0v) is 10.1. The Hall–Kier alpha value is -1.16. The van der Waals surface area contributed by atoms with E-state index in [2.05, 4.69) is 32.5 Å². The van der Waals surface area contributed by atoms with Gasteiger partial charge in [-0.15, -0.1) is 5.10 Å². The lowest BCUT2D eigenvalue weighted by Crippen LogP contribution is -2.28. The number of nitrogens with one attached hydrogen (secondary N) is 1. The predicted molar refractivity (Wildman–Crippen MR) is 65.8 cm³/mol. The maximum Gasteiger partial charge on any atom is 0.151 e. The van der Waals surface area contributed by atoms with Gasteiger partial charge in [0.2, 0.25) is 0 Å². The molecule has 0 unspecified atom stereocenters. The largest absolute Gasteiger partial charge is 0.357 e. The van der Waals surface area contributed by atoms with Crippen LogP contribution >= 0.6 is 0 Å². The van der Waals surface area contributed by atoms with Gasteiger partial charge in [0, 0.05) is 26.1 Å². The molecule has 0 radical (unpaired) electrons. The second kappa shape index (κ2) is 5.25. The van der Waals surface area contributed by atoms with E-state index in [4.69, 9.17) is 0 Å². The van der Waals surface area contributed by atoms with Gasteiger partial charge in [-0.2, -0.15) is 5.10 Å². The van der Waals surface area contributed by atoms with Crippen LogP contribution in [0.2, 0.25) is 0 Å². The predicted octanol–water partition coefficient (Wildman–Crippen LogP) is 1.40. The summed E-state index contributed by atoms with van der Waals surface area (Å²) in [5.74, 6) is 1.63. The van der Waals surface area contributed by atoms with Gasteiger partial charge in [0.1, 0.15) is 0 Å². The van der Waals surface area contributed by atoms with Crippen molar-refractivity contribution in [3.8, 4) is 0 Å². The molecule has 0 atom stereocenters. The Kier molecular flexibility index (Phi) is 3.72. The van der Waals surface area contributed by atoms with E-state index in [9.17, 15) is 0 Å². The molecule has 1 fully saturated rings. The lowest BCUT2D eigenvalue weighted by molar-refractivity contribution is 0.408. The first-order valence-electron chi connectivity index (χ1n) is 6.00. The summed E-state index contributed by atoms with van der Waals surface area (Å²) < 4.78 is 0. The zero-order valence-electron chi connectivity index (χ0n) is 10.1. The highest BCUT2D eigenvalue weighted by molar-refractivity contribution is 5.36. The molecule has 4 nitrogen and oxygen atoms in total. The number of nitrogens with zero attached hydrogens (tertiary/aromatic N) is 3. The molecule has 1 aliphatic rings. The molecule has 1 aromatic heterocycles. The highest BCUT2D eigenvalue weighted by Gasteiger charge is 2.21. The van der Waals surface area contributed by atoms with Crippen molar-refractivity contribution in [3.63, 3.8) is 0 Å². The fraction of sp³-hybridized carbons (Fsp3) is 0.667. The quantitative estimate of drug-likeness (QED) is 0.814. The summed E-state index contributed by atoms with van der Waals surface area (Å²) in [7, 11) is 4.00. The van der Waals surface area contributed by atoms with Gasteiger partial charge >= 0.3 is 0 Å². The number of aromatic nitrogens is 2. The Morgan fingerprint density at radius 3 is 2.69 bits per heavy atom. The molecule has 1 saturated carbocycles. The van der Waals surface area contributed by atoms with E-state index >= 15 is 0 Å². The number of hydrogen-bond acceptors (Lipinski definition) is 4. The van der Waals surface area contributed by atoms with Gasteiger partial charge in [-0.25, -0.2) is 0 Å². The van der Waals surface area contributed by atoms with Crippen molar-refractivity contribution >= 4 is 5.82 Å². The third-order valence-electron chi connectivity index (χ3n) is 3.28. The van der Waals surface area contributed by atoms with Gasteiger partial charge in [0.15, 0.2) is 5.82 Å². The Morgan fingerprint density at radius 2 is 2.19 bits per heavy atom. The van der Waals surface area contributed by atoms with Crippen molar-refractivity contribution in [2.45, 2.75) is 25.2 Å². The van der Waals surface area contributed by atoms with Crippen LogP contribution < -0.4 is 10.2 Å². The smallest absolute Gasteiger partial charge is 0.151 e. The summed E-state index contributed by atoms with van der Waals surface area (Å²) in [6.07, 6.45) is 3.91. The summed E-state index contributed by atoms with van der Waals surface area (Å²) in [6.45, 7) is 1.91. The van der Waals surface area contributed by atoms with E-state index in [1.165, 1.54) is 19.3 Å².